The van der Waals surface area contributed by atoms with Crippen LogP contribution in [-0.4, -0.2) is 16.6 Å². The Balaban J connectivity index is 1.46. The zero-order valence-corrected chi connectivity index (χ0v) is 17.7. The fraction of sp³-hybridized carbons (Fsp3) is 0.600. The van der Waals surface area contributed by atoms with E-state index in [1.807, 2.05) is 24.5 Å². The Labute approximate surface area is 171 Å². The molecule has 0 unspecified atom stereocenters. The smallest absolute Gasteiger partial charge is 0.159 e. The molecule has 2 aromatic rings. The number of hydrogen-bond donors (Lipinski definition) is 0. The second-order valence-corrected chi connectivity index (χ2v) is 8.33. The summed E-state index contributed by atoms with van der Waals surface area (Å²) in [5.74, 6) is 3.60. The van der Waals surface area contributed by atoms with Gasteiger partial charge in [0.15, 0.2) is 5.82 Å². The van der Waals surface area contributed by atoms with Crippen molar-refractivity contribution in [2.45, 2.75) is 78.1 Å². The Morgan fingerprint density at radius 1 is 0.893 bits per heavy atom. The first-order valence-electron chi connectivity index (χ1n) is 11.3. The van der Waals surface area contributed by atoms with E-state index in [1.165, 1.54) is 56.9 Å². The van der Waals surface area contributed by atoms with Crippen molar-refractivity contribution in [3.05, 3.63) is 42.2 Å². The molecule has 0 saturated heterocycles. The number of rotatable bonds is 10. The molecule has 1 aromatic carbocycles. The second-order valence-electron chi connectivity index (χ2n) is 8.33. The summed E-state index contributed by atoms with van der Waals surface area (Å²) in [4.78, 5) is 9.20. The van der Waals surface area contributed by atoms with Gasteiger partial charge in [-0.05, 0) is 60.9 Å². The summed E-state index contributed by atoms with van der Waals surface area (Å²) in [6, 6.07) is 8.14. The molecule has 0 aliphatic heterocycles. The van der Waals surface area contributed by atoms with E-state index >= 15 is 0 Å². The van der Waals surface area contributed by atoms with Gasteiger partial charge in [-0.25, -0.2) is 9.97 Å². The van der Waals surface area contributed by atoms with Crippen LogP contribution < -0.4 is 4.74 Å². The van der Waals surface area contributed by atoms with Gasteiger partial charge in [-0.3, -0.25) is 0 Å². The summed E-state index contributed by atoms with van der Waals surface area (Å²) < 4.78 is 5.78. The minimum Gasteiger partial charge on any atom is -0.494 e. The number of ether oxygens (including phenoxy) is 1. The maximum absolute atomic E-state index is 5.78. The predicted molar refractivity (Wildman–Crippen MR) is 117 cm³/mol. The molecule has 152 valence electrons. The van der Waals surface area contributed by atoms with Crippen molar-refractivity contribution in [1.82, 2.24) is 9.97 Å². The Kier molecular flexibility index (Phi) is 8.32. The third-order valence-corrected chi connectivity index (χ3v) is 6.22. The molecule has 0 N–H and O–H groups in total. The van der Waals surface area contributed by atoms with E-state index in [2.05, 4.69) is 35.9 Å². The molecular formula is C25H36N2O. The van der Waals surface area contributed by atoms with Gasteiger partial charge in [-0.15, -0.1) is 0 Å². The molecule has 3 nitrogen and oxygen atoms in total. The first-order valence-corrected chi connectivity index (χ1v) is 11.3. The van der Waals surface area contributed by atoms with Crippen LogP contribution in [0.4, 0.5) is 0 Å². The first-order chi connectivity index (χ1) is 13.8. The summed E-state index contributed by atoms with van der Waals surface area (Å²) in [6.07, 6.45) is 17.0. The van der Waals surface area contributed by atoms with Crippen molar-refractivity contribution in [2.75, 3.05) is 6.61 Å². The Morgan fingerprint density at radius 2 is 1.57 bits per heavy atom. The number of aryl methyl sites for hydroxylation is 1. The van der Waals surface area contributed by atoms with Crippen molar-refractivity contribution in [2.24, 2.45) is 11.8 Å². The molecule has 1 heterocycles. The van der Waals surface area contributed by atoms with E-state index in [4.69, 9.17) is 4.74 Å². The lowest BCUT2D eigenvalue weighted by Gasteiger charge is -2.27. The highest BCUT2D eigenvalue weighted by molar-refractivity contribution is 5.55. The molecule has 1 aliphatic rings. The van der Waals surface area contributed by atoms with E-state index < -0.39 is 0 Å². The average molecular weight is 381 g/mol. The van der Waals surface area contributed by atoms with Gasteiger partial charge in [0.25, 0.3) is 0 Å². The highest BCUT2D eigenvalue weighted by atomic mass is 16.5. The third kappa shape index (κ3) is 6.32. The van der Waals surface area contributed by atoms with Crippen molar-refractivity contribution >= 4 is 0 Å². The molecule has 1 aromatic heterocycles. The van der Waals surface area contributed by atoms with E-state index in [0.717, 1.165) is 48.4 Å². The minimum atomic E-state index is 0.790. The summed E-state index contributed by atoms with van der Waals surface area (Å²) in [5.41, 5.74) is 2.31. The van der Waals surface area contributed by atoms with Crippen LogP contribution in [0.1, 0.15) is 77.2 Å². The van der Waals surface area contributed by atoms with Crippen molar-refractivity contribution in [3.63, 3.8) is 0 Å². The third-order valence-electron chi connectivity index (χ3n) is 6.22. The van der Waals surface area contributed by atoms with Gasteiger partial charge in [0.05, 0.1) is 6.61 Å². The maximum atomic E-state index is 5.78. The highest BCUT2D eigenvalue weighted by Crippen LogP contribution is 2.33. The standard InChI is InChI=1S/C25H36N2O/c1-3-5-6-17-28-24-15-13-23(14-16-24)25-26-18-22(19-27-25)12-11-21-9-7-20(4-2)8-10-21/h13-16,18-21H,3-12,17H2,1-2H3/t20-,21-. The number of unbranched alkanes of at least 4 members (excludes halogenated alkanes) is 2. The second kappa shape index (κ2) is 11.2. The quantitative estimate of drug-likeness (QED) is 0.422. The normalized spacial score (nSPS) is 19.5. The summed E-state index contributed by atoms with van der Waals surface area (Å²) in [5, 5.41) is 0. The van der Waals surface area contributed by atoms with Crippen LogP contribution in [0.2, 0.25) is 0 Å². The van der Waals surface area contributed by atoms with Gasteiger partial charge in [-0.1, -0.05) is 58.8 Å². The van der Waals surface area contributed by atoms with Gasteiger partial charge >= 0.3 is 0 Å². The van der Waals surface area contributed by atoms with Crippen LogP contribution in [0.15, 0.2) is 36.7 Å². The van der Waals surface area contributed by atoms with Crippen LogP contribution >= 0.6 is 0 Å². The monoisotopic (exact) mass is 380 g/mol. The molecule has 0 spiro atoms. The molecule has 1 fully saturated rings. The summed E-state index contributed by atoms with van der Waals surface area (Å²) in [7, 11) is 0. The Hall–Kier alpha value is -1.90. The van der Waals surface area contributed by atoms with Crippen molar-refractivity contribution < 1.29 is 4.74 Å². The summed E-state index contributed by atoms with van der Waals surface area (Å²) in [6.45, 7) is 5.33. The molecular weight excluding hydrogens is 344 g/mol. The topological polar surface area (TPSA) is 35.0 Å². The molecule has 3 rings (SSSR count). The zero-order chi connectivity index (χ0) is 19.6. The van der Waals surface area contributed by atoms with E-state index in [-0.39, 0.29) is 0 Å². The van der Waals surface area contributed by atoms with Crippen LogP contribution in [0.5, 0.6) is 5.75 Å². The molecule has 0 amide bonds. The zero-order valence-electron chi connectivity index (χ0n) is 17.7. The fourth-order valence-electron chi connectivity index (χ4n) is 4.17. The predicted octanol–water partition coefficient (Wildman–Crippen LogP) is 6.86. The lowest BCUT2D eigenvalue weighted by molar-refractivity contribution is 0.258. The highest BCUT2D eigenvalue weighted by Gasteiger charge is 2.19. The van der Waals surface area contributed by atoms with Gasteiger partial charge in [0.2, 0.25) is 0 Å². The average Bonchev–Trinajstić information content (AvgIpc) is 2.76. The van der Waals surface area contributed by atoms with Crippen LogP contribution in [-0.2, 0) is 6.42 Å². The molecule has 3 heteroatoms. The Bertz CT molecular complexity index is 673. The Morgan fingerprint density at radius 3 is 2.21 bits per heavy atom. The number of hydrogen-bond acceptors (Lipinski definition) is 3. The van der Waals surface area contributed by atoms with E-state index in [0.29, 0.717) is 0 Å². The van der Waals surface area contributed by atoms with E-state index in [9.17, 15) is 0 Å². The van der Waals surface area contributed by atoms with Crippen LogP contribution in [0.3, 0.4) is 0 Å². The first kappa shape index (κ1) is 20.8. The molecule has 1 aliphatic carbocycles. The van der Waals surface area contributed by atoms with E-state index in [1.54, 1.807) is 0 Å². The number of nitrogens with zero attached hydrogens (tertiary/aromatic N) is 2. The van der Waals surface area contributed by atoms with Gasteiger partial charge in [0, 0.05) is 18.0 Å². The van der Waals surface area contributed by atoms with Crippen molar-refractivity contribution in [1.29, 1.82) is 0 Å². The molecule has 1 saturated carbocycles. The van der Waals surface area contributed by atoms with Crippen molar-refractivity contribution in [3.8, 4) is 17.1 Å². The lowest BCUT2D eigenvalue weighted by atomic mass is 9.79. The van der Waals surface area contributed by atoms with Crippen LogP contribution in [0.25, 0.3) is 11.4 Å². The fourth-order valence-corrected chi connectivity index (χ4v) is 4.17. The number of aromatic nitrogens is 2. The molecule has 0 radical (unpaired) electrons. The maximum Gasteiger partial charge on any atom is 0.159 e. The SMILES string of the molecule is CCCCCOc1ccc(-c2ncc(CC[C@H]3CC[C@H](CC)CC3)cn2)cc1. The molecule has 28 heavy (non-hydrogen) atoms. The minimum absolute atomic E-state index is 0.790. The lowest BCUT2D eigenvalue weighted by Crippen LogP contribution is -2.14. The summed E-state index contributed by atoms with van der Waals surface area (Å²) >= 11 is 0. The molecule has 0 bridgehead atoms. The van der Waals surface area contributed by atoms with Gasteiger partial charge in [-0.2, -0.15) is 0 Å². The van der Waals surface area contributed by atoms with Gasteiger partial charge in [0.1, 0.15) is 5.75 Å². The van der Waals surface area contributed by atoms with Gasteiger partial charge < -0.3 is 4.74 Å². The molecule has 0 atom stereocenters. The number of benzene rings is 1. The van der Waals surface area contributed by atoms with Crippen LogP contribution in [0, 0.1) is 11.8 Å². The largest absolute Gasteiger partial charge is 0.494 e.